The normalized spacial score (nSPS) is 11.8. The second kappa shape index (κ2) is 7.38. The standard InChI is InChI=1S/C14H12F3N5O5S/c1-6-5-7(2)19-12(18-6)21-13(25)22-28(26,27)10-8(11(23)24)3-4-9(20-10)14(15,16)17/h3-5H,1-2H3,(H,23,24)(H2,18,19,21,22,25). The summed E-state index contributed by atoms with van der Waals surface area (Å²) in [6.45, 7) is 3.17. The Hall–Kier alpha value is -3.29. The van der Waals surface area contributed by atoms with Crippen molar-refractivity contribution in [3.63, 3.8) is 0 Å². The van der Waals surface area contributed by atoms with Crippen molar-refractivity contribution in [2.24, 2.45) is 0 Å². The van der Waals surface area contributed by atoms with Crippen LogP contribution in [-0.4, -0.2) is 40.5 Å². The number of carboxylic acids is 1. The average molecular weight is 419 g/mol. The molecule has 3 N–H and O–H groups in total. The minimum absolute atomic E-state index is 0.263. The molecule has 0 aromatic carbocycles. The van der Waals surface area contributed by atoms with Gasteiger partial charge < -0.3 is 5.11 Å². The molecule has 0 aliphatic rings. The molecule has 0 aliphatic carbocycles. The van der Waals surface area contributed by atoms with E-state index in [-0.39, 0.29) is 5.95 Å². The highest BCUT2D eigenvalue weighted by atomic mass is 32.2. The van der Waals surface area contributed by atoms with Gasteiger partial charge in [-0.1, -0.05) is 0 Å². The summed E-state index contributed by atoms with van der Waals surface area (Å²) in [5, 5.41) is 9.55. The quantitative estimate of drug-likeness (QED) is 0.678. The number of urea groups is 1. The van der Waals surface area contributed by atoms with Crippen LogP contribution in [0, 0.1) is 13.8 Å². The number of aryl methyl sites for hydroxylation is 2. The number of anilines is 1. The van der Waals surface area contributed by atoms with E-state index in [1.54, 1.807) is 19.9 Å². The van der Waals surface area contributed by atoms with Crippen molar-refractivity contribution < 1.29 is 36.3 Å². The number of pyridine rings is 1. The molecule has 2 aromatic heterocycles. The summed E-state index contributed by atoms with van der Waals surface area (Å²) in [6.07, 6.45) is -5.03. The van der Waals surface area contributed by atoms with Crippen molar-refractivity contribution in [2.75, 3.05) is 5.32 Å². The number of nitrogens with one attached hydrogen (secondary N) is 2. The van der Waals surface area contributed by atoms with Crippen LogP contribution in [0.4, 0.5) is 23.9 Å². The minimum Gasteiger partial charge on any atom is -0.478 e. The van der Waals surface area contributed by atoms with Crippen LogP contribution in [0.25, 0.3) is 0 Å². The van der Waals surface area contributed by atoms with Gasteiger partial charge in [-0.3, -0.25) is 5.32 Å². The van der Waals surface area contributed by atoms with Crippen LogP contribution in [0.3, 0.4) is 0 Å². The third kappa shape index (κ3) is 4.91. The minimum atomic E-state index is -5.07. The number of aromatic nitrogens is 3. The van der Waals surface area contributed by atoms with Crippen molar-refractivity contribution in [3.05, 3.63) is 40.8 Å². The van der Waals surface area contributed by atoms with Gasteiger partial charge in [0.1, 0.15) is 5.69 Å². The van der Waals surface area contributed by atoms with Gasteiger partial charge in [0.05, 0.1) is 5.56 Å². The van der Waals surface area contributed by atoms with E-state index in [0.29, 0.717) is 23.5 Å². The third-order valence-electron chi connectivity index (χ3n) is 3.07. The van der Waals surface area contributed by atoms with E-state index in [2.05, 4.69) is 15.0 Å². The number of nitrogens with zero attached hydrogens (tertiary/aromatic N) is 3. The molecule has 0 saturated heterocycles. The number of hydrogen-bond acceptors (Lipinski definition) is 7. The highest BCUT2D eigenvalue weighted by Gasteiger charge is 2.36. The van der Waals surface area contributed by atoms with Crippen LogP contribution in [0.5, 0.6) is 0 Å². The zero-order valence-electron chi connectivity index (χ0n) is 14.2. The number of carbonyl (C=O) groups is 2. The molecule has 0 radical (unpaired) electrons. The fraction of sp³-hybridized carbons (Fsp3) is 0.214. The van der Waals surface area contributed by atoms with Gasteiger partial charge in [-0.15, -0.1) is 0 Å². The number of sulfonamides is 1. The van der Waals surface area contributed by atoms with Gasteiger partial charge >= 0.3 is 18.2 Å². The summed E-state index contributed by atoms with van der Waals surface area (Å²) in [4.78, 5) is 33.6. The molecule has 14 heteroatoms. The SMILES string of the molecule is Cc1cc(C)nc(NC(=O)NS(=O)(=O)c2nc(C(F)(F)F)ccc2C(=O)O)n1. The van der Waals surface area contributed by atoms with Crippen molar-refractivity contribution in [1.29, 1.82) is 0 Å². The first kappa shape index (κ1) is 21.0. The molecule has 10 nitrogen and oxygen atoms in total. The zero-order valence-corrected chi connectivity index (χ0v) is 15.0. The highest BCUT2D eigenvalue weighted by molar-refractivity contribution is 7.90. The van der Waals surface area contributed by atoms with Crippen LogP contribution >= 0.6 is 0 Å². The predicted molar refractivity (Wildman–Crippen MR) is 87.0 cm³/mol. The average Bonchev–Trinajstić information content (AvgIpc) is 2.51. The Labute approximate surface area is 155 Å². The summed E-state index contributed by atoms with van der Waals surface area (Å²) >= 11 is 0. The van der Waals surface area contributed by atoms with E-state index in [1.807, 2.05) is 5.32 Å². The van der Waals surface area contributed by atoms with Gasteiger partial charge in [-0.05, 0) is 32.0 Å². The lowest BCUT2D eigenvalue weighted by atomic mass is 10.2. The summed E-state index contributed by atoms with van der Waals surface area (Å²) in [7, 11) is -5.07. The topological polar surface area (TPSA) is 151 Å². The lowest BCUT2D eigenvalue weighted by molar-refractivity contribution is -0.141. The van der Waals surface area contributed by atoms with Crippen molar-refractivity contribution in [1.82, 2.24) is 19.7 Å². The molecule has 0 aliphatic heterocycles. The van der Waals surface area contributed by atoms with Crippen molar-refractivity contribution in [2.45, 2.75) is 25.0 Å². The van der Waals surface area contributed by atoms with Crippen LogP contribution < -0.4 is 10.0 Å². The number of hydrogen-bond donors (Lipinski definition) is 3. The van der Waals surface area contributed by atoms with Gasteiger partial charge in [-0.25, -0.2) is 29.3 Å². The van der Waals surface area contributed by atoms with Crippen molar-refractivity contribution >= 4 is 28.0 Å². The Morgan fingerprint density at radius 2 is 1.64 bits per heavy atom. The molecule has 2 aromatic rings. The number of carbonyl (C=O) groups excluding carboxylic acids is 1. The molecule has 150 valence electrons. The maximum absolute atomic E-state index is 12.8. The van der Waals surface area contributed by atoms with E-state index in [1.165, 1.54) is 4.72 Å². The van der Waals surface area contributed by atoms with E-state index >= 15 is 0 Å². The second-order valence-corrected chi connectivity index (χ2v) is 6.98. The maximum Gasteiger partial charge on any atom is 0.433 e. The molecule has 2 amide bonds. The highest BCUT2D eigenvalue weighted by Crippen LogP contribution is 2.29. The molecule has 28 heavy (non-hydrogen) atoms. The number of amides is 2. The Balaban J connectivity index is 2.37. The molecular weight excluding hydrogens is 407 g/mol. The van der Waals surface area contributed by atoms with Crippen molar-refractivity contribution in [3.8, 4) is 0 Å². The lowest BCUT2D eigenvalue weighted by Crippen LogP contribution is -2.36. The van der Waals surface area contributed by atoms with Crippen LogP contribution in [0.15, 0.2) is 23.2 Å². The number of aromatic carboxylic acids is 1. The number of rotatable bonds is 4. The Morgan fingerprint density at radius 1 is 1.07 bits per heavy atom. The Kier molecular flexibility index (Phi) is 5.54. The van der Waals surface area contributed by atoms with Crippen LogP contribution in [-0.2, 0) is 16.2 Å². The maximum atomic E-state index is 12.8. The molecule has 0 unspecified atom stereocenters. The molecule has 0 spiro atoms. The monoisotopic (exact) mass is 419 g/mol. The first-order valence-corrected chi connectivity index (χ1v) is 8.75. The second-order valence-electron chi connectivity index (χ2n) is 5.39. The first-order valence-electron chi connectivity index (χ1n) is 7.27. The molecule has 0 saturated carbocycles. The molecule has 2 rings (SSSR count). The summed E-state index contributed by atoms with van der Waals surface area (Å²) in [5.41, 5.74) is -1.77. The Bertz CT molecular complexity index is 1040. The van der Waals surface area contributed by atoms with Gasteiger partial charge in [0, 0.05) is 11.4 Å². The van der Waals surface area contributed by atoms with E-state index in [9.17, 15) is 31.2 Å². The third-order valence-corrected chi connectivity index (χ3v) is 4.34. The molecule has 2 heterocycles. The van der Waals surface area contributed by atoms with Gasteiger partial charge in [0.2, 0.25) is 5.95 Å². The van der Waals surface area contributed by atoms with E-state index in [4.69, 9.17) is 5.11 Å². The van der Waals surface area contributed by atoms with Crippen LogP contribution in [0.1, 0.15) is 27.4 Å². The van der Waals surface area contributed by atoms with Gasteiger partial charge in [0.25, 0.3) is 10.0 Å². The predicted octanol–water partition coefficient (Wildman–Crippen LogP) is 1.72. The van der Waals surface area contributed by atoms with E-state index in [0.717, 1.165) is 0 Å². The van der Waals surface area contributed by atoms with E-state index < -0.39 is 44.5 Å². The zero-order chi connectivity index (χ0) is 21.3. The van der Waals surface area contributed by atoms with Gasteiger partial charge in [0.15, 0.2) is 5.03 Å². The summed E-state index contributed by atoms with van der Waals surface area (Å²) in [5.74, 6) is -2.11. The fourth-order valence-electron chi connectivity index (χ4n) is 2.05. The number of carboxylic acid groups (broad SMARTS) is 1. The number of halogens is 3. The molecule has 0 fully saturated rings. The van der Waals surface area contributed by atoms with Gasteiger partial charge in [-0.2, -0.15) is 21.6 Å². The Morgan fingerprint density at radius 3 is 2.14 bits per heavy atom. The lowest BCUT2D eigenvalue weighted by Gasteiger charge is -2.12. The summed E-state index contributed by atoms with van der Waals surface area (Å²) < 4.78 is 64.3. The molecular formula is C14H12F3N5O5S. The summed E-state index contributed by atoms with van der Waals surface area (Å²) in [6, 6.07) is 0.898. The van der Waals surface area contributed by atoms with Crippen LogP contribution in [0.2, 0.25) is 0 Å². The fourth-order valence-corrected chi connectivity index (χ4v) is 3.10. The largest absolute Gasteiger partial charge is 0.478 e. The molecule has 0 atom stereocenters. The molecule has 0 bridgehead atoms. The first-order chi connectivity index (χ1) is 12.8. The smallest absolute Gasteiger partial charge is 0.433 e. The number of alkyl halides is 3.